The average molecular weight is 453 g/mol. The summed E-state index contributed by atoms with van der Waals surface area (Å²) in [5.74, 6) is 0.162. The highest BCUT2D eigenvalue weighted by Gasteiger charge is 2.26. The monoisotopic (exact) mass is 452 g/mol. The van der Waals surface area contributed by atoms with Crippen molar-refractivity contribution in [2.24, 2.45) is 0 Å². The van der Waals surface area contributed by atoms with E-state index in [1.165, 1.54) is 12.1 Å². The van der Waals surface area contributed by atoms with Crippen LogP contribution in [-0.2, 0) is 21.2 Å². The van der Waals surface area contributed by atoms with Crippen LogP contribution < -0.4 is 14.8 Å². The van der Waals surface area contributed by atoms with E-state index in [2.05, 4.69) is 10.0 Å². The minimum absolute atomic E-state index is 0.0679. The first kappa shape index (κ1) is 23.5. The predicted octanol–water partition coefficient (Wildman–Crippen LogP) is 4.23. The third kappa shape index (κ3) is 6.18. The highest BCUT2D eigenvalue weighted by Crippen LogP contribution is 2.19. The Labute approximate surface area is 189 Å². The minimum Gasteiger partial charge on any atom is -0.494 e. The van der Waals surface area contributed by atoms with E-state index in [-0.39, 0.29) is 11.3 Å². The van der Waals surface area contributed by atoms with Gasteiger partial charge in [0.2, 0.25) is 15.9 Å². The Kier molecular flexibility index (Phi) is 7.66. The number of carbonyl (C=O) groups is 1. The van der Waals surface area contributed by atoms with E-state index in [0.29, 0.717) is 18.0 Å². The Balaban J connectivity index is 1.85. The molecule has 0 aliphatic carbocycles. The van der Waals surface area contributed by atoms with Crippen molar-refractivity contribution in [2.45, 2.75) is 38.1 Å². The Hall–Kier alpha value is -3.16. The van der Waals surface area contributed by atoms with Gasteiger partial charge >= 0.3 is 0 Å². The van der Waals surface area contributed by atoms with E-state index in [1.54, 1.807) is 12.1 Å². The van der Waals surface area contributed by atoms with Crippen LogP contribution in [0.1, 0.15) is 23.6 Å². The van der Waals surface area contributed by atoms with Crippen LogP contribution in [0.25, 0.3) is 0 Å². The van der Waals surface area contributed by atoms with Gasteiger partial charge in [-0.1, -0.05) is 48.0 Å². The van der Waals surface area contributed by atoms with Crippen LogP contribution in [-0.4, -0.2) is 27.0 Å². The predicted molar refractivity (Wildman–Crippen MR) is 126 cm³/mol. The lowest BCUT2D eigenvalue weighted by molar-refractivity contribution is -0.117. The van der Waals surface area contributed by atoms with Crippen LogP contribution in [0, 0.1) is 13.8 Å². The topological polar surface area (TPSA) is 84.5 Å². The lowest BCUT2D eigenvalue weighted by Gasteiger charge is -2.20. The maximum Gasteiger partial charge on any atom is 0.242 e. The maximum atomic E-state index is 13.1. The van der Waals surface area contributed by atoms with E-state index in [4.69, 9.17) is 4.74 Å². The molecule has 0 heterocycles. The number of benzene rings is 3. The number of anilines is 1. The van der Waals surface area contributed by atoms with E-state index < -0.39 is 22.0 Å². The second kappa shape index (κ2) is 10.4. The van der Waals surface area contributed by atoms with Crippen LogP contribution in [0.4, 0.5) is 5.69 Å². The van der Waals surface area contributed by atoms with Crippen molar-refractivity contribution < 1.29 is 17.9 Å². The van der Waals surface area contributed by atoms with Crippen LogP contribution in [0.5, 0.6) is 5.75 Å². The second-order valence-corrected chi connectivity index (χ2v) is 9.29. The van der Waals surface area contributed by atoms with E-state index >= 15 is 0 Å². The zero-order valence-electron chi connectivity index (χ0n) is 18.5. The smallest absolute Gasteiger partial charge is 0.242 e. The van der Waals surface area contributed by atoms with Crippen LogP contribution in [0.2, 0.25) is 0 Å². The average Bonchev–Trinajstić information content (AvgIpc) is 2.76. The van der Waals surface area contributed by atoms with Crippen molar-refractivity contribution >= 4 is 21.6 Å². The number of amides is 1. The van der Waals surface area contributed by atoms with Crippen molar-refractivity contribution in [2.75, 3.05) is 11.9 Å². The summed E-state index contributed by atoms with van der Waals surface area (Å²) in [6.07, 6.45) is 0.216. The number of aryl methyl sites for hydroxylation is 2. The van der Waals surface area contributed by atoms with Crippen molar-refractivity contribution in [3.63, 3.8) is 0 Å². The molecule has 3 aromatic carbocycles. The number of rotatable bonds is 9. The number of hydrogen-bond acceptors (Lipinski definition) is 4. The summed E-state index contributed by atoms with van der Waals surface area (Å²) in [5, 5.41) is 2.87. The molecule has 3 aromatic rings. The summed E-state index contributed by atoms with van der Waals surface area (Å²) < 4.78 is 34.0. The molecule has 0 aliphatic rings. The summed E-state index contributed by atoms with van der Waals surface area (Å²) in [6.45, 7) is 6.22. The van der Waals surface area contributed by atoms with Crippen LogP contribution in [0.15, 0.2) is 77.7 Å². The third-order valence-corrected chi connectivity index (χ3v) is 6.47. The molecule has 6 nitrogen and oxygen atoms in total. The van der Waals surface area contributed by atoms with Gasteiger partial charge in [-0.15, -0.1) is 0 Å². The summed E-state index contributed by atoms with van der Waals surface area (Å²) in [5.41, 5.74) is 3.49. The highest BCUT2D eigenvalue weighted by atomic mass is 32.2. The van der Waals surface area contributed by atoms with Crippen LogP contribution in [0.3, 0.4) is 0 Å². The lowest BCUT2D eigenvalue weighted by atomic mass is 10.1. The minimum atomic E-state index is -3.93. The molecule has 1 amide bonds. The van der Waals surface area contributed by atoms with Crippen molar-refractivity contribution in [3.8, 4) is 5.75 Å². The van der Waals surface area contributed by atoms with Gasteiger partial charge in [0.05, 0.1) is 11.5 Å². The number of nitrogens with one attached hydrogen (secondary N) is 2. The highest BCUT2D eigenvalue weighted by molar-refractivity contribution is 7.89. The summed E-state index contributed by atoms with van der Waals surface area (Å²) in [7, 11) is -3.93. The third-order valence-electron chi connectivity index (χ3n) is 4.98. The molecule has 1 atom stereocenters. The van der Waals surface area contributed by atoms with Crippen molar-refractivity contribution in [1.82, 2.24) is 4.72 Å². The van der Waals surface area contributed by atoms with Crippen molar-refractivity contribution in [3.05, 3.63) is 89.5 Å². The van der Waals surface area contributed by atoms with Gasteiger partial charge < -0.3 is 10.1 Å². The number of ether oxygens (including phenoxy) is 1. The molecule has 0 aliphatic heterocycles. The molecule has 0 saturated carbocycles. The van der Waals surface area contributed by atoms with Gasteiger partial charge in [0.15, 0.2) is 0 Å². The van der Waals surface area contributed by atoms with Gasteiger partial charge in [-0.05, 0) is 68.7 Å². The normalized spacial score (nSPS) is 12.2. The molecule has 0 fully saturated rings. The van der Waals surface area contributed by atoms with Gasteiger partial charge in [0, 0.05) is 5.69 Å². The van der Waals surface area contributed by atoms with E-state index in [0.717, 1.165) is 16.7 Å². The van der Waals surface area contributed by atoms with Gasteiger partial charge in [-0.2, -0.15) is 4.72 Å². The van der Waals surface area contributed by atoms with Gasteiger partial charge in [-0.25, -0.2) is 8.42 Å². The first-order chi connectivity index (χ1) is 15.3. The first-order valence-corrected chi connectivity index (χ1v) is 11.9. The Morgan fingerprint density at radius 3 is 2.28 bits per heavy atom. The summed E-state index contributed by atoms with van der Waals surface area (Å²) >= 11 is 0. The van der Waals surface area contributed by atoms with Gasteiger partial charge in [0.1, 0.15) is 11.8 Å². The zero-order valence-corrected chi connectivity index (χ0v) is 19.3. The molecule has 168 valence electrons. The molecular formula is C25H28N2O4S. The molecule has 0 radical (unpaired) electrons. The lowest BCUT2D eigenvalue weighted by Crippen LogP contribution is -2.45. The number of hydrogen-bond donors (Lipinski definition) is 2. The molecule has 3 rings (SSSR count). The van der Waals surface area contributed by atoms with Crippen LogP contribution >= 0.6 is 0 Å². The second-order valence-electron chi connectivity index (χ2n) is 7.58. The number of carbonyl (C=O) groups excluding carboxylic acids is 1. The Bertz CT molecular complexity index is 1160. The molecule has 2 N–H and O–H groups in total. The van der Waals surface area contributed by atoms with Gasteiger partial charge in [-0.3, -0.25) is 4.79 Å². The van der Waals surface area contributed by atoms with Crippen molar-refractivity contribution in [1.29, 1.82) is 0 Å². The standard InChI is InChI=1S/C25H28N2O4S/c1-4-31-21-11-13-22(14-12-21)32(29,30)27-24(17-20-8-6-5-7-9-20)25(28)26-23-15-10-18(2)16-19(23)3/h5-16,24,27H,4,17H2,1-3H3,(H,26,28)/t24-/m1/s1. The fraction of sp³-hybridized carbons (Fsp3) is 0.240. The first-order valence-electron chi connectivity index (χ1n) is 10.5. The SMILES string of the molecule is CCOc1ccc(S(=O)(=O)N[C@H](Cc2ccccc2)C(=O)Nc2ccc(C)cc2C)cc1. The molecule has 32 heavy (non-hydrogen) atoms. The van der Waals surface area contributed by atoms with E-state index in [9.17, 15) is 13.2 Å². The van der Waals surface area contributed by atoms with Gasteiger partial charge in [0.25, 0.3) is 0 Å². The largest absolute Gasteiger partial charge is 0.494 e. The number of sulfonamides is 1. The fourth-order valence-electron chi connectivity index (χ4n) is 3.35. The summed E-state index contributed by atoms with van der Waals surface area (Å²) in [6, 6.07) is 20.1. The Morgan fingerprint density at radius 1 is 0.969 bits per heavy atom. The Morgan fingerprint density at radius 2 is 1.66 bits per heavy atom. The molecule has 0 saturated heterocycles. The molecule has 0 aromatic heterocycles. The molecular weight excluding hydrogens is 424 g/mol. The maximum absolute atomic E-state index is 13.1. The molecule has 0 spiro atoms. The quantitative estimate of drug-likeness (QED) is 0.509. The van der Waals surface area contributed by atoms with E-state index in [1.807, 2.05) is 69.3 Å². The molecule has 7 heteroatoms. The zero-order chi connectivity index (χ0) is 23.1. The molecule has 0 unspecified atom stereocenters. The molecule has 0 bridgehead atoms. The fourth-order valence-corrected chi connectivity index (χ4v) is 4.54. The summed E-state index contributed by atoms with van der Waals surface area (Å²) in [4.78, 5) is 13.2.